The molecular formula is C22H33N3O3. The third-order valence-corrected chi connectivity index (χ3v) is 6.67. The summed E-state index contributed by atoms with van der Waals surface area (Å²) in [7, 11) is 5.91. The van der Waals surface area contributed by atoms with Gasteiger partial charge in [-0.2, -0.15) is 0 Å². The van der Waals surface area contributed by atoms with E-state index in [1.165, 1.54) is 5.56 Å². The lowest BCUT2D eigenvalue weighted by molar-refractivity contribution is -0.133. The second-order valence-corrected chi connectivity index (χ2v) is 8.56. The summed E-state index contributed by atoms with van der Waals surface area (Å²) in [6, 6.07) is 10.7. The summed E-state index contributed by atoms with van der Waals surface area (Å²) in [5, 5.41) is 2.81. The molecule has 154 valence electrons. The molecule has 1 heterocycles. The Morgan fingerprint density at radius 2 is 1.86 bits per heavy atom. The minimum absolute atomic E-state index is 0.0121. The van der Waals surface area contributed by atoms with Crippen LogP contribution in [0.3, 0.4) is 0 Å². The van der Waals surface area contributed by atoms with Gasteiger partial charge in [0.25, 0.3) is 0 Å². The summed E-state index contributed by atoms with van der Waals surface area (Å²) in [4.78, 5) is 28.8. The van der Waals surface area contributed by atoms with Gasteiger partial charge >= 0.3 is 0 Å². The summed E-state index contributed by atoms with van der Waals surface area (Å²) in [5.74, 6) is 0.00383. The van der Waals surface area contributed by atoms with Gasteiger partial charge < -0.3 is 15.0 Å². The normalized spacial score (nSPS) is 27.6. The van der Waals surface area contributed by atoms with Crippen LogP contribution in [-0.2, 0) is 19.9 Å². The summed E-state index contributed by atoms with van der Waals surface area (Å²) in [6.45, 7) is 1.81. The number of likely N-dealkylation sites (tertiary alicyclic amines) is 1. The summed E-state index contributed by atoms with van der Waals surface area (Å²) < 4.78 is 4.95. The predicted octanol–water partition coefficient (Wildman–Crippen LogP) is 2.00. The number of methoxy groups -OCH3 is 1. The van der Waals surface area contributed by atoms with Gasteiger partial charge in [-0.15, -0.1) is 0 Å². The molecule has 1 N–H and O–H groups in total. The summed E-state index contributed by atoms with van der Waals surface area (Å²) >= 11 is 0. The summed E-state index contributed by atoms with van der Waals surface area (Å²) in [6.07, 6.45) is 4.65. The fourth-order valence-corrected chi connectivity index (χ4v) is 4.92. The second kappa shape index (κ2) is 8.62. The number of rotatable bonds is 7. The standard InChI is InChI=1S/C22H33N3O3/c1-24(2)22(18-7-5-4-6-8-18)11-9-21(10-12-22)15-20(27)25(17-21)16-19(26)23-13-14-28-3/h4-8H,9-17H2,1-3H3,(H,23,26). The molecule has 0 bridgehead atoms. The van der Waals surface area contributed by atoms with Crippen LogP contribution in [-0.4, -0.2) is 69.1 Å². The minimum Gasteiger partial charge on any atom is -0.383 e. The molecule has 0 radical (unpaired) electrons. The van der Waals surface area contributed by atoms with Gasteiger partial charge in [-0.05, 0) is 50.8 Å². The van der Waals surface area contributed by atoms with Crippen molar-refractivity contribution in [3.05, 3.63) is 35.9 Å². The smallest absolute Gasteiger partial charge is 0.239 e. The van der Waals surface area contributed by atoms with E-state index in [0.717, 1.165) is 25.7 Å². The second-order valence-electron chi connectivity index (χ2n) is 8.56. The number of ether oxygens (including phenoxy) is 1. The molecule has 0 unspecified atom stereocenters. The van der Waals surface area contributed by atoms with Crippen molar-refractivity contribution in [2.24, 2.45) is 5.41 Å². The van der Waals surface area contributed by atoms with Gasteiger partial charge in [0.05, 0.1) is 13.2 Å². The van der Waals surface area contributed by atoms with Crippen molar-refractivity contribution < 1.29 is 14.3 Å². The Morgan fingerprint density at radius 1 is 1.18 bits per heavy atom. The van der Waals surface area contributed by atoms with Crippen molar-refractivity contribution >= 4 is 11.8 Å². The van der Waals surface area contributed by atoms with Crippen molar-refractivity contribution in [2.45, 2.75) is 37.6 Å². The number of hydrogen-bond donors (Lipinski definition) is 1. The van der Waals surface area contributed by atoms with E-state index in [0.29, 0.717) is 26.1 Å². The van der Waals surface area contributed by atoms with E-state index in [1.807, 2.05) is 0 Å². The van der Waals surface area contributed by atoms with Crippen LogP contribution in [0.1, 0.15) is 37.7 Å². The zero-order valence-electron chi connectivity index (χ0n) is 17.4. The predicted molar refractivity (Wildman–Crippen MR) is 109 cm³/mol. The highest BCUT2D eigenvalue weighted by molar-refractivity contribution is 5.86. The average Bonchev–Trinajstić information content (AvgIpc) is 2.98. The molecule has 6 heteroatoms. The number of carbonyl (C=O) groups excluding carboxylic acids is 2. The van der Waals surface area contributed by atoms with E-state index in [4.69, 9.17) is 4.74 Å². The van der Waals surface area contributed by atoms with Crippen LogP contribution in [0, 0.1) is 5.41 Å². The third kappa shape index (κ3) is 4.23. The lowest BCUT2D eigenvalue weighted by Crippen LogP contribution is -2.47. The van der Waals surface area contributed by atoms with E-state index in [2.05, 4.69) is 54.6 Å². The average molecular weight is 388 g/mol. The van der Waals surface area contributed by atoms with E-state index < -0.39 is 0 Å². The molecule has 1 aliphatic heterocycles. The van der Waals surface area contributed by atoms with Crippen molar-refractivity contribution in [1.82, 2.24) is 15.1 Å². The van der Waals surface area contributed by atoms with Gasteiger partial charge in [0.15, 0.2) is 0 Å². The maximum Gasteiger partial charge on any atom is 0.239 e. The molecule has 1 aromatic rings. The van der Waals surface area contributed by atoms with Crippen LogP contribution >= 0.6 is 0 Å². The molecular weight excluding hydrogens is 354 g/mol. The number of nitrogens with one attached hydrogen (secondary N) is 1. The van der Waals surface area contributed by atoms with Gasteiger partial charge in [-0.25, -0.2) is 0 Å². The van der Waals surface area contributed by atoms with Crippen molar-refractivity contribution in [1.29, 1.82) is 0 Å². The van der Waals surface area contributed by atoms with Gasteiger partial charge in [0, 0.05) is 32.2 Å². The Hall–Kier alpha value is -1.92. The number of carbonyl (C=O) groups is 2. The van der Waals surface area contributed by atoms with E-state index in [9.17, 15) is 9.59 Å². The molecule has 1 spiro atoms. The Kier molecular flexibility index (Phi) is 6.40. The number of amides is 2. The Labute approximate surface area is 168 Å². The fraction of sp³-hybridized carbons (Fsp3) is 0.636. The number of nitrogens with zero attached hydrogens (tertiary/aromatic N) is 2. The maximum atomic E-state index is 12.6. The molecule has 3 rings (SSSR count). The van der Waals surface area contributed by atoms with E-state index in [-0.39, 0.29) is 29.3 Å². The fourth-order valence-electron chi connectivity index (χ4n) is 4.92. The van der Waals surface area contributed by atoms with Crippen molar-refractivity contribution in [3.8, 4) is 0 Å². The molecule has 1 aromatic carbocycles. The molecule has 28 heavy (non-hydrogen) atoms. The molecule has 6 nitrogen and oxygen atoms in total. The van der Waals surface area contributed by atoms with Crippen LogP contribution in [0.15, 0.2) is 30.3 Å². The summed E-state index contributed by atoms with van der Waals surface area (Å²) in [5.41, 5.74) is 1.40. The van der Waals surface area contributed by atoms with Crippen LogP contribution in [0.25, 0.3) is 0 Å². The monoisotopic (exact) mass is 387 g/mol. The van der Waals surface area contributed by atoms with Crippen LogP contribution in [0.5, 0.6) is 0 Å². The van der Waals surface area contributed by atoms with Crippen LogP contribution < -0.4 is 5.32 Å². The van der Waals surface area contributed by atoms with Crippen LogP contribution in [0.2, 0.25) is 0 Å². The molecule has 1 saturated heterocycles. The van der Waals surface area contributed by atoms with Gasteiger partial charge in [0.2, 0.25) is 11.8 Å². The lowest BCUT2D eigenvalue weighted by Gasteiger charge is -2.48. The van der Waals surface area contributed by atoms with Gasteiger partial charge in [0.1, 0.15) is 0 Å². The molecule has 2 aliphatic rings. The van der Waals surface area contributed by atoms with Gasteiger partial charge in [-0.3, -0.25) is 14.5 Å². The minimum atomic E-state index is -0.106. The Bertz CT molecular complexity index is 682. The largest absolute Gasteiger partial charge is 0.383 e. The first-order valence-corrected chi connectivity index (χ1v) is 10.2. The van der Waals surface area contributed by atoms with Crippen molar-refractivity contribution in [3.63, 3.8) is 0 Å². The van der Waals surface area contributed by atoms with E-state index >= 15 is 0 Å². The first kappa shape index (κ1) is 20.8. The van der Waals surface area contributed by atoms with E-state index in [1.54, 1.807) is 12.0 Å². The van der Waals surface area contributed by atoms with Gasteiger partial charge in [-0.1, -0.05) is 30.3 Å². The van der Waals surface area contributed by atoms with Crippen LogP contribution in [0.4, 0.5) is 0 Å². The highest BCUT2D eigenvalue weighted by Crippen LogP contribution is 2.51. The number of benzene rings is 1. The maximum absolute atomic E-state index is 12.6. The quantitative estimate of drug-likeness (QED) is 0.727. The Balaban J connectivity index is 1.63. The topological polar surface area (TPSA) is 61.9 Å². The lowest BCUT2D eigenvalue weighted by atomic mass is 9.64. The molecule has 1 saturated carbocycles. The highest BCUT2D eigenvalue weighted by Gasteiger charge is 2.50. The molecule has 1 aliphatic carbocycles. The first-order chi connectivity index (χ1) is 13.4. The molecule has 0 atom stereocenters. The number of hydrogen-bond acceptors (Lipinski definition) is 4. The molecule has 2 amide bonds. The SMILES string of the molecule is COCCNC(=O)CN1CC2(CCC(c3ccccc3)(N(C)C)CC2)CC1=O. The third-order valence-electron chi connectivity index (χ3n) is 6.67. The molecule has 0 aromatic heterocycles. The first-order valence-electron chi connectivity index (χ1n) is 10.2. The zero-order chi connectivity index (χ0) is 20.2. The molecule has 2 fully saturated rings. The highest BCUT2D eigenvalue weighted by atomic mass is 16.5. The van der Waals surface area contributed by atoms with Crippen molar-refractivity contribution in [2.75, 3.05) is 47.4 Å². The zero-order valence-corrected chi connectivity index (χ0v) is 17.4. The Morgan fingerprint density at radius 3 is 2.46 bits per heavy atom.